The maximum absolute atomic E-state index is 13.6. The highest BCUT2D eigenvalue weighted by atomic mass is 35.5. The molecule has 2 saturated heterocycles. The van der Waals surface area contributed by atoms with Crippen molar-refractivity contribution in [1.29, 1.82) is 0 Å². The summed E-state index contributed by atoms with van der Waals surface area (Å²) < 4.78 is 1.74. The van der Waals surface area contributed by atoms with E-state index in [-0.39, 0.29) is 17.9 Å². The van der Waals surface area contributed by atoms with E-state index in [4.69, 9.17) is 21.4 Å². The minimum Gasteiger partial charge on any atom is -0.411 e. The Kier molecular flexibility index (Phi) is 9.04. The lowest BCUT2D eigenvalue weighted by atomic mass is 9.92. The van der Waals surface area contributed by atoms with Crippen LogP contribution in [0.5, 0.6) is 0 Å². The van der Waals surface area contributed by atoms with E-state index in [1.165, 1.54) is 12.8 Å². The molecule has 0 saturated carbocycles. The molecule has 5 rings (SSSR count). The zero-order chi connectivity index (χ0) is 29.0. The second kappa shape index (κ2) is 12.7. The van der Waals surface area contributed by atoms with Gasteiger partial charge < -0.3 is 20.4 Å². The molecular formula is C31H41ClN6O3. The summed E-state index contributed by atoms with van der Waals surface area (Å²) in [5.74, 6) is 0.441. The molecule has 1 aromatic heterocycles. The number of fused-ring (bicyclic) bond motifs is 1. The van der Waals surface area contributed by atoms with Gasteiger partial charge in [0.05, 0.1) is 10.5 Å². The first kappa shape index (κ1) is 29.2. The van der Waals surface area contributed by atoms with Gasteiger partial charge >= 0.3 is 0 Å². The van der Waals surface area contributed by atoms with Crippen molar-refractivity contribution in [2.24, 2.45) is 0 Å². The van der Waals surface area contributed by atoms with E-state index in [9.17, 15) is 9.59 Å². The van der Waals surface area contributed by atoms with Crippen LogP contribution in [0.2, 0.25) is 5.02 Å². The van der Waals surface area contributed by atoms with Gasteiger partial charge in [-0.25, -0.2) is 4.98 Å². The largest absolute Gasteiger partial charge is 0.411 e. The number of carbonyl (C=O) groups is 2. The summed E-state index contributed by atoms with van der Waals surface area (Å²) >= 11 is 6.65. The van der Waals surface area contributed by atoms with Gasteiger partial charge in [0.25, 0.3) is 5.91 Å². The SMILES string of the molecule is CC=CC(=O)N1CCCCC(NC(=O)C2=C[C@](C)(c3nc4cccc(Cl)c4n3OCCN3CCCC3)NC(C)=C2)C1. The molecule has 0 spiro atoms. The fraction of sp³-hybridized carbons (Fsp3) is 0.516. The minimum absolute atomic E-state index is 0.0136. The van der Waals surface area contributed by atoms with Crippen LogP contribution in [0.3, 0.4) is 0 Å². The molecule has 1 unspecified atom stereocenters. The van der Waals surface area contributed by atoms with Crippen LogP contribution in [0.4, 0.5) is 0 Å². The summed E-state index contributed by atoms with van der Waals surface area (Å²) in [7, 11) is 0. The lowest BCUT2D eigenvalue weighted by Crippen LogP contribution is -2.47. The van der Waals surface area contributed by atoms with Gasteiger partial charge in [0.2, 0.25) is 5.91 Å². The van der Waals surface area contributed by atoms with Crippen LogP contribution in [0.1, 0.15) is 58.7 Å². The first-order valence-electron chi connectivity index (χ1n) is 14.7. The minimum atomic E-state index is -0.834. The first-order valence-corrected chi connectivity index (χ1v) is 15.1. The molecule has 2 N–H and O–H groups in total. The van der Waals surface area contributed by atoms with Crippen LogP contribution < -0.4 is 15.5 Å². The van der Waals surface area contributed by atoms with Crippen molar-refractivity contribution in [2.45, 2.75) is 64.5 Å². The predicted molar refractivity (Wildman–Crippen MR) is 161 cm³/mol. The maximum Gasteiger partial charge on any atom is 0.251 e. The molecule has 220 valence electrons. The third-order valence-corrected chi connectivity index (χ3v) is 8.35. The second-order valence-electron chi connectivity index (χ2n) is 11.4. The van der Waals surface area contributed by atoms with Gasteiger partial charge in [0.15, 0.2) is 5.82 Å². The van der Waals surface area contributed by atoms with Gasteiger partial charge in [-0.15, -0.1) is 0 Å². The maximum atomic E-state index is 13.6. The molecule has 0 radical (unpaired) electrons. The monoisotopic (exact) mass is 580 g/mol. The molecular weight excluding hydrogens is 540 g/mol. The molecule has 0 bridgehead atoms. The van der Waals surface area contributed by atoms with Crippen molar-refractivity contribution in [3.63, 3.8) is 0 Å². The van der Waals surface area contributed by atoms with Crippen molar-refractivity contribution in [3.8, 4) is 0 Å². The van der Waals surface area contributed by atoms with Crippen LogP contribution in [-0.4, -0.2) is 76.7 Å². The standard InChI is InChI=1S/C31H41ClN6O3/c1-4-10-27(39)37-16-6-5-11-24(21-37)33-29(40)23-19-22(2)35-31(3,20-23)30-34-26-13-9-12-25(32)28(26)38(30)41-18-17-36-14-7-8-15-36/h4,9-10,12-13,19-20,24,35H,5-8,11,14-18,21H2,1-3H3,(H,33,40)/t24?,31-/m1/s1. The summed E-state index contributed by atoms with van der Waals surface area (Å²) in [6, 6.07) is 5.52. The Hall–Kier alpha value is -3.30. The molecule has 2 amide bonds. The zero-order valence-electron chi connectivity index (χ0n) is 24.3. The van der Waals surface area contributed by atoms with E-state index in [1.807, 2.05) is 56.0 Å². The molecule has 4 heterocycles. The molecule has 9 nitrogen and oxygen atoms in total. The number of nitrogens with one attached hydrogen (secondary N) is 2. The molecule has 41 heavy (non-hydrogen) atoms. The highest BCUT2D eigenvalue weighted by Gasteiger charge is 2.36. The van der Waals surface area contributed by atoms with E-state index in [1.54, 1.807) is 16.9 Å². The lowest BCUT2D eigenvalue weighted by molar-refractivity contribution is -0.127. The summed E-state index contributed by atoms with van der Waals surface area (Å²) in [5, 5.41) is 7.28. The highest BCUT2D eigenvalue weighted by molar-refractivity contribution is 6.35. The summed E-state index contributed by atoms with van der Waals surface area (Å²) in [6.07, 6.45) is 12.3. The van der Waals surface area contributed by atoms with Gasteiger partial charge in [-0.3, -0.25) is 14.5 Å². The number of allylic oxidation sites excluding steroid dienone is 2. The summed E-state index contributed by atoms with van der Waals surface area (Å²) in [4.78, 5) is 41.7. The Labute approximate surface area is 247 Å². The number of benzene rings is 1. The number of imidazole rings is 1. The number of halogens is 1. The van der Waals surface area contributed by atoms with Gasteiger partial charge in [0, 0.05) is 36.9 Å². The van der Waals surface area contributed by atoms with Crippen LogP contribution in [0.25, 0.3) is 11.0 Å². The average molecular weight is 581 g/mol. The van der Waals surface area contributed by atoms with Crippen LogP contribution in [0, 0.1) is 0 Å². The smallest absolute Gasteiger partial charge is 0.251 e. The van der Waals surface area contributed by atoms with Gasteiger partial charge in [-0.1, -0.05) is 23.7 Å². The second-order valence-corrected chi connectivity index (χ2v) is 11.8. The number of aromatic nitrogens is 2. The van der Waals surface area contributed by atoms with Gasteiger partial charge in [-0.2, -0.15) is 4.73 Å². The number of dihydropyridines is 1. The number of para-hydroxylation sites is 1. The molecule has 3 aliphatic heterocycles. The number of hydrogen-bond acceptors (Lipinski definition) is 6. The summed E-state index contributed by atoms with van der Waals surface area (Å²) in [6.45, 7) is 10.5. The Bertz CT molecular complexity index is 1380. The van der Waals surface area contributed by atoms with Crippen LogP contribution in [0.15, 0.2) is 53.8 Å². The van der Waals surface area contributed by atoms with E-state index < -0.39 is 5.54 Å². The Morgan fingerprint density at radius 1 is 1.22 bits per heavy atom. The van der Waals surface area contributed by atoms with E-state index in [0.29, 0.717) is 41.6 Å². The fourth-order valence-electron chi connectivity index (χ4n) is 6.08. The quantitative estimate of drug-likeness (QED) is 0.460. The number of hydrogen-bond donors (Lipinski definition) is 2. The fourth-order valence-corrected chi connectivity index (χ4v) is 6.32. The molecule has 2 aromatic rings. The van der Waals surface area contributed by atoms with Crippen molar-refractivity contribution in [1.82, 2.24) is 30.1 Å². The van der Waals surface area contributed by atoms with E-state index in [2.05, 4.69) is 15.5 Å². The molecule has 0 aliphatic carbocycles. The topological polar surface area (TPSA) is 91.7 Å². The van der Waals surface area contributed by atoms with Gasteiger partial charge in [-0.05, 0) is 96.3 Å². The Morgan fingerprint density at radius 2 is 2.00 bits per heavy atom. The normalized spacial score (nSPS) is 23.7. The zero-order valence-corrected chi connectivity index (χ0v) is 25.0. The van der Waals surface area contributed by atoms with Crippen LogP contribution in [-0.2, 0) is 15.1 Å². The molecule has 1 aromatic carbocycles. The lowest BCUT2D eigenvalue weighted by Gasteiger charge is -2.33. The van der Waals surface area contributed by atoms with Crippen molar-refractivity contribution in [2.75, 3.05) is 39.3 Å². The number of rotatable bonds is 8. The van der Waals surface area contributed by atoms with Crippen molar-refractivity contribution in [3.05, 3.63) is 64.6 Å². The highest BCUT2D eigenvalue weighted by Crippen LogP contribution is 2.33. The Balaban J connectivity index is 1.40. The number of nitrogens with zero attached hydrogens (tertiary/aromatic N) is 4. The first-order chi connectivity index (χ1) is 19.8. The number of carbonyl (C=O) groups excluding carboxylic acids is 2. The summed E-state index contributed by atoms with van der Waals surface area (Å²) in [5.41, 5.74) is 1.99. The number of amides is 2. The molecule has 10 heteroatoms. The third kappa shape index (κ3) is 6.62. The van der Waals surface area contributed by atoms with Crippen molar-refractivity contribution < 1.29 is 14.4 Å². The Morgan fingerprint density at radius 3 is 2.78 bits per heavy atom. The molecule has 3 aliphatic rings. The predicted octanol–water partition coefficient (Wildman–Crippen LogP) is 3.94. The van der Waals surface area contributed by atoms with Gasteiger partial charge in [0.1, 0.15) is 17.7 Å². The van der Waals surface area contributed by atoms with Crippen LogP contribution >= 0.6 is 11.6 Å². The van der Waals surface area contributed by atoms with Crippen molar-refractivity contribution >= 4 is 34.4 Å². The molecule has 2 fully saturated rings. The number of likely N-dealkylation sites (tertiary alicyclic amines) is 2. The third-order valence-electron chi connectivity index (χ3n) is 8.04. The van der Waals surface area contributed by atoms with E-state index >= 15 is 0 Å². The average Bonchev–Trinajstić information content (AvgIpc) is 3.52. The van der Waals surface area contributed by atoms with E-state index in [0.717, 1.165) is 50.1 Å². The molecule has 2 atom stereocenters.